The Balaban J connectivity index is 1.94. The number of ketones is 1. The van der Waals surface area contributed by atoms with E-state index in [-0.39, 0.29) is 5.78 Å². The molecule has 130 valence electrons. The number of benzene rings is 3. The third-order valence-electron chi connectivity index (χ3n) is 4.00. The number of rotatable bonds is 5. The van der Waals surface area contributed by atoms with Gasteiger partial charge in [0, 0.05) is 15.6 Å². The van der Waals surface area contributed by atoms with Crippen LogP contribution in [0.5, 0.6) is 0 Å². The van der Waals surface area contributed by atoms with E-state index >= 15 is 0 Å². The minimum atomic E-state index is -1.00. The maximum absolute atomic E-state index is 13.0. The molecule has 0 aliphatic rings. The van der Waals surface area contributed by atoms with Crippen molar-refractivity contribution in [1.29, 1.82) is 0 Å². The Labute approximate surface area is 160 Å². The molecule has 26 heavy (non-hydrogen) atoms. The fraction of sp³-hybridized carbons (Fsp3) is 0.0909. The molecular weight excluding hydrogens is 392 g/mol. The summed E-state index contributed by atoms with van der Waals surface area (Å²) in [6.07, 6.45) is -1.00. The van der Waals surface area contributed by atoms with Crippen molar-refractivity contribution in [2.24, 2.45) is 0 Å². The number of carbonyl (C=O) groups excluding carboxylic acids is 2. The first kappa shape index (κ1) is 18.1. The molecule has 0 heterocycles. The second kappa shape index (κ2) is 8.11. The third kappa shape index (κ3) is 4.09. The van der Waals surface area contributed by atoms with Crippen LogP contribution < -0.4 is 0 Å². The molecule has 1 unspecified atom stereocenters. The molecule has 4 heteroatoms. The first-order chi connectivity index (χ1) is 12.6. The monoisotopic (exact) mass is 408 g/mol. The number of halogens is 1. The average Bonchev–Trinajstić information content (AvgIpc) is 2.67. The molecule has 0 radical (unpaired) electrons. The Morgan fingerprint density at radius 3 is 2.12 bits per heavy atom. The maximum Gasteiger partial charge on any atom is 0.340 e. The third-order valence-corrected chi connectivity index (χ3v) is 4.69. The van der Waals surface area contributed by atoms with Gasteiger partial charge in [0.2, 0.25) is 5.78 Å². The van der Waals surface area contributed by atoms with Gasteiger partial charge in [0.25, 0.3) is 0 Å². The van der Waals surface area contributed by atoms with E-state index < -0.39 is 12.1 Å². The van der Waals surface area contributed by atoms with Crippen molar-refractivity contribution in [2.45, 2.75) is 13.0 Å². The van der Waals surface area contributed by atoms with Crippen molar-refractivity contribution >= 4 is 27.7 Å². The van der Waals surface area contributed by atoms with Gasteiger partial charge in [-0.2, -0.15) is 0 Å². The normalized spacial score (nSPS) is 11.6. The number of aryl methyl sites for hydroxylation is 1. The Morgan fingerprint density at radius 1 is 0.846 bits per heavy atom. The number of ether oxygens (including phenoxy) is 1. The molecule has 0 aliphatic heterocycles. The summed E-state index contributed by atoms with van der Waals surface area (Å²) in [7, 11) is 0. The summed E-state index contributed by atoms with van der Waals surface area (Å²) in [5, 5.41) is 0. The molecule has 3 aromatic rings. The highest BCUT2D eigenvalue weighted by Gasteiger charge is 2.27. The molecule has 1 atom stereocenters. The van der Waals surface area contributed by atoms with E-state index in [1.165, 1.54) is 0 Å². The summed E-state index contributed by atoms with van der Waals surface area (Å²) in [5.41, 5.74) is 2.58. The van der Waals surface area contributed by atoms with E-state index in [1.807, 2.05) is 43.3 Å². The predicted octanol–water partition coefficient (Wildman–Crippen LogP) is 5.54. The molecule has 3 rings (SSSR count). The summed E-state index contributed by atoms with van der Waals surface area (Å²) in [4.78, 5) is 25.7. The zero-order valence-corrected chi connectivity index (χ0v) is 15.8. The number of esters is 1. The molecule has 0 bridgehead atoms. The highest BCUT2D eigenvalue weighted by Crippen LogP contribution is 2.26. The molecule has 0 saturated heterocycles. The number of hydrogen-bond donors (Lipinski definition) is 0. The summed E-state index contributed by atoms with van der Waals surface area (Å²) in [6.45, 7) is 1.95. The summed E-state index contributed by atoms with van der Waals surface area (Å²) in [5.74, 6) is -0.802. The van der Waals surface area contributed by atoms with Crippen LogP contribution in [0.15, 0.2) is 83.3 Å². The molecule has 0 amide bonds. The smallest absolute Gasteiger partial charge is 0.340 e. The van der Waals surface area contributed by atoms with Crippen LogP contribution in [-0.4, -0.2) is 11.8 Å². The molecule has 0 aliphatic carbocycles. The van der Waals surface area contributed by atoms with Gasteiger partial charge in [0.1, 0.15) is 0 Å². The Bertz CT molecular complexity index is 918. The van der Waals surface area contributed by atoms with E-state index in [0.29, 0.717) is 21.2 Å². The van der Waals surface area contributed by atoms with Gasteiger partial charge < -0.3 is 4.74 Å². The number of carbonyl (C=O) groups is 2. The van der Waals surface area contributed by atoms with Crippen molar-refractivity contribution in [3.63, 3.8) is 0 Å². The molecule has 0 spiro atoms. The van der Waals surface area contributed by atoms with Gasteiger partial charge in [0.15, 0.2) is 6.10 Å². The molecular formula is C22H17BrO3. The van der Waals surface area contributed by atoms with Gasteiger partial charge in [0.05, 0.1) is 5.56 Å². The van der Waals surface area contributed by atoms with Gasteiger partial charge in [-0.25, -0.2) is 4.79 Å². The summed E-state index contributed by atoms with van der Waals surface area (Å²) in [6, 6.07) is 23.3. The lowest BCUT2D eigenvalue weighted by Crippen LogP contribution is -2.20. The molecule has 0 fully saturated rings. The van der Waals surface area contributed by atoms with Gasteiger partial charge in [-0.3, -0.25) is 4.79 Å². The molecule has 3 nitrogen and oxygen atoms in total. The van der Waals surface area contributed by atoms with Crippen LogP contribution in [0.1, 0.15) is 37.9 Å². The Morgan fingerprint density at radius 2 is 1.46 bits per heavy atom. The van der Waals surface area contributed by atoms with Gasteiger partial charge >= 0.3 is 5.97 Å². The van der Waals surface area contributed by atoms with E-state index in [4.69, 9.17) is 4.74 Å². The van der Waals surface area contributed by atoms with Crippen molar-refractivity contribution in [3.8, 4) is 0 Å². The Kier molecular flexibility index (Phi) is 5.64. The molecule has 0 saturated carbocycles. The second-order valence-corrected chi connectivity index (χ2v) is 6.76. The fourth-order valence-corrected chi connectivity index (χ4v) is 3.01. The second-order valence-electron chi connectivity index (χ2n) is 5.91. The maximum atomic E-state index is 13.0. The van der Waals surface area contributed by atoms with Crippen LogP contribution in [0.3, 0.4) is 0 Å². The topological polar surface area (TPSA) is 43.4 Å². The summed E-state index contributed by atoms with van der Waals surface area (Å²) >= 11 is 3.35. The van der Waals surface area contributed by atoms with Crippen LogP contribution >= 0.6 is 15.9 Å². The van der Waals surface area contributed by atoms with Gasteiger partial charge in [-0.15, -0.1) is 0 Å². The van der Waals surface area contributed by atoms with Crippen LogP contribution in [0.2, 0.25) is 0 Å². The van der Waals surface area contributed by atoms with Crippen LogP contribution in [0.4, 0.5) is 0 Å². The standard InChI is InChI=1S/C22H17BrO3/c1-15-11-13-16(14-12-15)20(24)21(17-7-3-2-4-8-17)26-22(25)18-9-5-6-10-19(18)23/h2-14,21H,1H3. The number of Topliss-reactive ketones (excluding diaryl/α,β-unsaturated/α-hetero) is 1. The SMILES string of the molecule is Cc1ccc(C(=O)C(OC(=O)c2ccccc2Br)c2ccccc2)cc1. The van der Waals surface area contributed by atoms with Crippen LogP contribution in [0.25, 0.3) is 0 Å². The lowest BCUT2D eigenvalue weighted by Gasteiger charge is -2.18. The zero-order valence-electron chi connectivity index (χ0n) is 14.2. The van der Waals surface area contributed by atoms with Gasteiger partial charge in [-0.05, 0) is 35.0 Å². The zero-order chi connectivity index (χ0) is 18.5. The summed E-state index contributed by atoms with van der Waals surface area (Å²) < 4.78 is 6.26. The molecule has 0 aromatic heterocycles. The molecule has 3 aromatic carbocycles. The molecule has 0 N–H and O–H groups in total. The van der Waals surface area contributed by atoms with Crippen LogP contribution in [0, 0.1) is 6.92 Å². The van der Waals surface area contributed by atoms with E-state index in [9.17, 15) is 9.59 Å². The van der Waals surface area contributed by atoms with Crippen molar-refractivity contribution in [2.75, 3.05) is 0 Å². The lowest BCUT2D eigenvalue weighted by atomic mass is 9.99. The van der Waals surface area contributed by atoms with Crippen molar-refractivity contribution < 1.29 is 14.3 Å². The van der Waals surface area contributed by atoms with Crippen molar-refractivity contribution in [3.05, 3.63) is 106 Å². The van der Waals surface area contributed by atoms with E-state index in [2.05, 4.69) is 15.9 Å². The fourth-order valence-electron chi connectivity index (χ4n) is 2.57. The largest absolute Gasteiger partial charge is 0.445 e. The number of hydrogen-bond acceptors (Lipinski definition) is 3. The quantitative estimate of drug-likeness (QED) is 0.411. The van der Waals surface area contributed by atoms with E-state index in [1.54, 1.807) is 42.5 Å². The Hall–Kier alpha value is -2.72. The minimum absolute atomic E-state index is 0.253. The van der Waals surface area contributed by atoms with E-state index in [0.717, 1.165) is 5.56 Å². The highest BCUT2D eigenvalue weighted by molar-refractivity contribution is 9.10. The van der Waals surface area contributed by atoms with Crippen LogP contribution in [-0.2, 0) is 4.74 Å². The lowest BCUT2D eigenvalue weighted by molar-refractivity contribution is 0.0279. The van der Waals surface area contributed by atoms with Gasteiger partial charge in [-0.1, -0.05) is 72.3 Å². The predicted molar refractivity (Wildman–Crippen MR) is 104 cm³/mol. The first-order valence-electron chi connectivity index (χ1n) is 8.17. The van der Waals surface area contributed by atoms with Crippen molar-refractivity contribution in [1.82, 2.24) is 0 Å². The first-order valence-corrected chi connectivity index (χ1v) is 8.97. The highest BCUT2D eigenvalue weighted by atomic mass is 79.9. The minimum Gasteiger partial charge on any atom is -0.445 e. The average molecular weight is 409 g/mol.